The quantitative estimate of drug-likeness (QED) is 0.808. The molecule has 1 heterocycles. The average molecular weight is 268 g/mol. The van der Waals surface area contributed by atoms with Crippen LogP contribution in [0, 0.1) is 0 Å². The molecular formula is C16H12O4. The van der Waals surface area contributed by atoms with Gasteiger partial charge in [-0.1, -0.05) is 24.3 Å². The molecular weight excluding hydrogens is 256 g/mol. The second kappa shape index (κ2) is 4.49. The summed E-state index contributed by atoms with van der Waals surface area (Å²) < 4.78 is 5.62. The summed E-state index contributed by atoms with van der Waals surface area (Å²) >= 11 is 0. The number of phenols is 1. The summed E-state index contributed by atoms with van der Waals surface area (Å²) in [5.41, 5.74) is 1.69. The van der Waals surface area contributed by atoms with Crippen molar-refractivity contribution >= 4 is 11.6 Å². The number of ether oxygens (including phenoxy) is 1. The lowest BCUT2D eigenvalue weighted by molar-refractivity contribution is 0.101. The largest absolute Gasteiger partial charge is 0.507 e. The van der Waals surface area contributed by atoms with Crippen molar-refractivity contribution in [1.29, 1.82) is 0 Å². The van der Waals surface area contributed by atoms with Crippen LogP contribution in [0.4, 0.5) is 0 Å². The Bertz CT molecular complexity index is 731. The molecule has 3 rings (SSSR count). The lowest BCUT2D eigenvalue weighted by atomic mass is 9.96. The van der Waals surface area contributed by atoms with Crippen LogP contribution in [0.15, 0.2) is 36.4 Å². The zero-order valence-corrected chi connectivity index (χ0v) is 10.8. The van der Waals surface area contributed by atoms with E-state index in [0.29, 0.717) is 11.1 Å². The lowest BCUT2D eigenvalue weighted by Gasteiger charge is -2.11. The first-order chi connectivity index (χ1) is 9.59. The first-order valence-corrected chi connectivity index (χ1v) is 6.22. The van der Waals surface area contributed by atoms with Crippen molar-refractivity contribution in [1.82, 2.24) is 0 Å². The van der Waals surface area contributed by atoms with Gasteiger partial charge in [0.25, 0.3) is 0 Å². The maximum atomic E-state index is 12.5. The van der Waals surface area contributed by atoms with Gasteiger partial charge in [-0.25, -0.2) is 0 Å². The summed E-state index contributed by atoms with van der Waals surface area (Å²) in [7, 11) is 0. The number of benzene rings is 2. The molecule has 0 spiro atoms. The van der Waals surface area contributed by atoms with Crippen LogP contribution >= 0.6 is 0 Å². The van der Waals surface area contributed by atoms with Gasteiger partial charge in [0.1, 0.15) is 23.7 Å². The van der Waals surface area contributed by atoms with Gasteiger partial charge >= 0.3 is 0 Å². The van der Waals surface area contributed by atoms with Crippen LogP contribution in [0.25, 0.3) is 0 Å². The molecule has 0 bridgehead atoms. The summed E-state index contributed by atoms with van der Waals surface area (Å²) in [5, 5.41) is 9.82. The number of phenolic OH excluding ortho intramolecular Hbond substituents is 1. The Balaban J connectivity index is 2.26. The monoisotopic (exact) mass is 268 g/mol. The van der Waals surface area contributed by atoms with Gasteiger partial charge in [0, 0.05) is 11.1 Å². The van der Waals surface area contributed by atoms with Gasteiger partial charge in [-0.05, 0) is 19.1 Å². The van der Waals surface area contributed by atoms with Gasteiger partial charge in [-0.3, -0.25) is 9.59 Å². The normalized spacial score (nSPS) is 12.9. The number of hydrogen-bond acceptors (Lipinski definition) is 4. The minimum atomic E-state index is -0.335. The summed E-state index contributed by atoms with van der Waals surface area (Å²) in [6.45, 7) is 1.53. The van der Waals surface area contributed by atoms with Crippen molar-refractivity contribution in [3.8, 4) is 11.5 Å². The van der Waals surface area contributed by atoms with E-state index in [1.54, 1.807) is 12.1 Å². The average Bonchev–Trinajstić information content (AvgIpc) is 2.57. The van der Waals surface area contributed by atoms with Crippen LogP contribution in [0.1, 0.15) is 38.8 Å². The SMILES string of the molecule is CC(=O)c1c(O)ccc2c1OCc1ccccc1C2=O. The molecule has 1 N–H and O–H groups in total. The maximum absolute atomic E-state index is 12.5. The Kier molecular flexibility index (Phi) is 2.79. The maximum Gasteiger partial charge on any atom is 0.197 e. The van der Waals surface area contributed by atoms with E-state index in [0.717, 1.165) is 5.56 Å². The summed E-state index contributed by atoms with van der Waals surface area (Å²) in [5.74, 6) is -0.539. The Hall–Kier alpha value is -2.62. The third-order valence-electron chi connectivity index (χ3n) is 3.37. The third kappa shape index (κ3) is 1.77. The highest BCUT2D eigenvalue weighted by Crippen LogP contribution is 2.36. The molecule has 1 aliphatic rings. The van der Waals surface area contributed by atoms with Crippen LogP contribution in [-0.2, 0) is 6.61 Å². The van der Waals surface area contributed by atoms with E-state index < -0.39 is 0 Å². The number of rotatable bonds is 1. The minimum Gasteiger partial charge on any atom is -0.507 e. The molecule has 0 radical (unpaired) electrons. The number of aromatic hydroxyl groups is 1. The molecule has 20 heavy (non-hydrogen) atoms. The molecule has 0 fully saturated rings. The Labute approximate surface area is 115 Å². The van der Waals surface area contributed by atoms with Crippen molar-refractivity contribution in [3.05, 3.63) is 58.7 Å². The summed E-state index contributed by atoms with van der Waals surface area (Å²) in [4.78, 5) is 24.2. The number of carbonyl (C=O) groups is 2. The van der Waals surface area contributed by atoms with Crippen molar-refractivity contribution in [2.24, 2.45) is 0 Å². The van der Waals surface area contributed by atoms with Crippen LogP contribution < -0.4 is 4.74 Å². The molecule has 0 aliphatic carbocycles. The fourth-order valence-electron chi connectivity index (χ4n) is 2.40. The van der Waals surface area contributed by atoms with Gasteiger partial charge in [0.2, 0.25) is 0 Å². The topological polar surface area (TPSA) is 63.6 Å². The number of hydrogen-bond donors (Lipinski definition) is 1. The zero-order valence-electron chi connectivity index (χ0n) is 10.8. The Morgan fingerprint density at radius 2 is 1.90 bits per heavy atom. The van der Waals surface area contributed by atoms with Gasteiger partial charge in [-0.15, -0.1) is 0 Å². The highest BCUT2D eigenvalue weighted by atomic mass is 16.5. The predicted octanol–water partition coefficient (Wildman–Crippen LogP) is 2.72. The third-order valence-corrected chi connectivity index (χ3v) is 3.37. The number of carbonyl (C=O) groups excluding carboxylic acids is 2. The van der Waals surface area contributed by atoms with Crippen LogP contribution in [0.3, 0.4) is 0 Å². The molecule has 100 valence electrons. The molecule has 2 aromatic rings. The van der Waals surface area contributed by atoms with Crippen molar-refractivity contribution < 1.29 is 19.4 Å². The first-order valence-electron chi connectivity index (χ1n) is 6.22. The highest BCUT2D eigenvalue weighted by Gasteiger charge is 2.27. The molecule has 4 nitrogen and oxygen atoms in total. The van der Waals surface area contributed by atoms with E-state index in [1.807, 2.05) is 12.1 Å². The van der Waals surface area contributed by atoms with E-state index in [9.17, 15) is 14.7 Å². The number of fused-ring (bicyclic) bond motifs is 2. The molecule has 0 unspecified atom stereocenters. The second-order valence-electron chi connectivity index (χ2n) is 4.67. The smallest absolute Gasteiger partial charge is 0.197 e. The van der Waals surface area contributed by atoms with E-state index in [2.05, 4.69) is 0 Å². The summed E-state index contributed by atoms with van der Waals surface area (Å²) in [6.07, 6.45) is 0. The Morgan fingerprint density at radius 3 is 2.65 bits per heavy atom. The first kappa shape index (κ1) is 12.4. The van der Waals surface area contributed by atoms with E-state index in [4.69, 9.17) is 4.74 Å². The van der Waals surface area contributed by atoms with Crippen LogP contribution in [-0.4, -0.2) is 16.7 Å². The highest BCUT2D eigenvalue weighted by molar-refractivity contribution is 6.14. The zero-order chi connectivity index (χ0) is 14.3. The molecule has 0 aromatic heterocycles. The van der Waals surface area contributed by atoms with Crippen molar-refractivity contribution in [2.75, 3.05) is 0 Å². The van der Waals surface area contributed by atoms with E-state index >= 15 is 0 Å². The fraction of sp³-hybridized carbons (Fsp3) is 0.125. The van der Waals surface area contributed by atoms with Crippen molar-refractivity contribution in [2.45, 2.75) is 13.5 Å². The van der Waals surface area contributed by atoms with Gasteiger partial charge < -0.3 is 9.84 Å². The molecule has 0 saturated carbocycles. The second-order valence-corrected chi connectivity index (χ2v) is 4.67. The number of Topliss-reactive ketones (excluding diaryl/α,β-unsaturated/α-hetero) is 1. The van der Waals surface area contributed by atoms with Crippen LogP contribution in [0.2, 0.25) is 0 Å². The Morgan fingerprint density at radius 1 is 1.15 bits per heavy atom. The lowest BCUT2D eigenvalue weighted by Crippen LogP contribution is -2.05. The van der Waals surface area contributed by atoms with E-state index in [-0.39, 0.29) is 35.2 Å². The fourth-order valence-corrected chi connectivity index (χ4v) is 2.40. The predicted molar refractivity (Wildman–Crippen MR) is 72.3 cm³/mol. The molecule has 0 saturated heterocycles. The molecule has 1 aliphatic heterocycles. The number of ketones is 2. The molecule has 2 aromatic carbocycles. The minimum absolute atomic E-state index is 0.0589. The molecule has 4 heteroatoms. The molecule has 0 atom stereocenters. The van der Waals surface area contributed by atoms with Crippen molar-refractivity contribution in [3.63, 3.8) is 0 Å². The van der Waals surface area contributed by atoms with Gasteiger partial charge in [0.05, 0.1) is 5.56 Å². The standard InChI is InChI=1S/C16H12O4/c1-9(17)14-13(18)7-6-12-15(19)11-5-3-2-4-10(11)8-20-16(12)14/h2-7,18H,8H2,1H3. The summed E-state index contributed by atoms with van der Waals surface area (Å²) in [6, 6.07) is 10.00. The van der Waals surface area contributed by atoms with Crippen LogP contribution in [0.5, 0.6) is 11.5 Å². The van der Waals surface area contributed by atoms with Gasteiger partial charge in [0.15, 0.2) is 11.6 Å². The molecule has 0 amide bonds. The van der Waals surface area contributed by atoms with E-state index in [1.165, 1.54) is 19.1 Å². The van der Waals surface area contributed by atoms with Gasteiger partial charge in [-0.2, -0.15) is 0 Å².